The minimum atomic E-state index is 0.205. The molecule has 1 saturated carbocycles. The molecule has 2 unspecified atom stereocenters. The third-order valence-corrected chi connectivity index (χ3v) is 5.08. The maximum Gasteiger partial charge on any atom is 0.231 e. The highest BCUT2D eigenvalue weighted by molar-refractivity contribution is 9.10. The summed E-state index contributed by atoms with van der Waals surface area (Å²) in [6, 6.07) is 4.92. The largest absolute Gasteiger partial charge is 0.454 e. The highest BCUT2D eigenvalue weighted by atomic mass is 79.9. The first-order valence-corrected chi connectivity index (χ1v) is 7.92. The number of halogens is 1. The van der Waals surface area contributed by atoms with Crippen LogP contribution in [0.5, 0.6) is 11.5 Å². The van der Waals surface area contributed by atoms with Crippen molar-refractivity contribution in [2.24, 2.45) is 11.7 Å². The Balaban J connectivity index is 1.87. The van der Waals surface area contributed by atoms with Crippen molar-refractivity contribution in [2.45, 2.75) is 31.8 Å². The molecule has 4 nitrogen and oxygen atoms in total. The Morgan fingerprint density at radius 3 is 2.80 bits per heavy atom. The van der Waals surface area contributed by atoms with Gasteiger partial charge in [-0.1, -0.05) is 0 Å². The molecular formula is C15H21BrN2O2. The van der Waals surface area contributed by atoms with E-state index in [2.05, 4.69) is 46.9 Å². The lowest BCUT2D eigenvalue weighted by atomic mass is 10.0. The average Bonchev–Trinajstić information content (AvgIpc) is 3.17. The molecule has 0 saturated heterocycles. The van der Waals surface area contributed by atoms with Crippen molar-refractivity contribution in [3.8, 4) is 11.5 Å². The van der Waals surface area contributed by atoms with Crippen LogP contribution in [0.4, 0.5) is 0 Å². The molecule has 1 aliphatic carbocycles. The second kappa shape index (κ2) is 5.54. The summed E-state index contributed by atoms with van der Waals surface area (Å²) in [6.45, 7) is 3.18. The molecule has 1 aromatic rings. The SMILES string of the molecule is CC(C1CC1)N(C)C(CN)c1cc(Br)c2c(c1)OCO2. The smallest absolute Gasteiger partial charge is 0.231 e. The van der Waals surface area contributed by atoms with Gasteiger partial charge in [0.2, 0.25) is 6.79 Å². The Morgan fingerprint density at radius 2 is 2.15 bits per heavy atom. The fraction of sp³-hybridized carbons (Fsp3) is 0.600. The summed E-state index contributed by atoms with van der Waals surface area (Å²) in [5.74, 6) is 2.43. The predicted molar refractivity (Wildman–Crippen MR) is 82.0 cm³/mol. The standard InChI is InChI=1S/C15H21BrN2O2/c1-9(10-3-4-10)18(2)13(7-17)11-5-12(16)15-14(6-11)19-8-20-15/h5-6,9-10,13H,3-4,7-8,17H2,1-2H3. The van der Waals surface area contributed by atoms with Gasteiger partial charge in [0.15, 0.2) is 11.5 Å². The van der Waals surface area contributed by atoms with Gasteiger partial charge in [-0.3, -0.25) is 4.90 Å². The molecular weight excluding hydrogens is 320 g/mol. The van der Waals surface area contributed by atoms with Crippen molar-refractivity contribution in [1.82, 2.24) is 4.90 Å². The van der Waals surface area contributed by atoms with Gasteiger partial charge in [-0.2, -0.15) is 0 Å². The molecule has 1 heterocycles. The van der Waals surface area contributed by atoms with E-state index in [4.69, 9.17) is 15.2 Å². The summed E-state index contributed by atoms with van der Waals surface area (Å²) in [4.78, 5) is 2.39. The van der Waals surface area contributed by atoms with Gasteiger partial charge in [0.05, 0.1) is 4.47 Å². The maximum absolute atomic E-state index is 6.03. The van der Waals surface area contributed by atoms with E-state index in [0.717, 1.165) is 21.9 Å². The molecule has 2 atom stereocenters. The van der Waals surface area contributed by atoms with E-state index >= 15 is 0 Å². The molecule has 1 fully saturated rings. The zero-order valence-electron chi connectivity index (χ0n) is 11.9. The van der Waals surface area contributed by atoms with E-state index in [1.807, 2.05) is 0 Å². The highest BCUT2D eigenvalue weighted by Gasteiger charge is 2.34. The fourth-order valence-electron chi connectivity index (χ4n) is 2.91. The van der Waals surface area contributed by atoms with Gasteiger partial charge < -0.3 is 15.2 Å². The Bertz CT molecular complexity index is 505. The second-order valence-corrected chi connectivity index (χ2v) is 6.59. The number of nitrogens with zero attached hydrogens (tertiary/aromatic N) is 1. The van der Waals surface area contributed by atoms with Gasteiger partial charge in [-0.05, 0) is 66.4 Å². The van der Waals surface area contributed by atoms with Crippen molar-refractivity contribution in [3.63, 3.8) is 0 Å². The average molecular weight is 341 g/mol. The summed E-state index contributed by atoms with van der Waals surface area (Å²) in [7, 11) is 2.17. The van der Waals surface area contributed by atoms with Crippen molar-refractivity contribution < 1.29 is 9.47 Å². The Labute approximate surface area is 128 Å². The van der Waals surface area contributed by atoms with Crippen LogP contribution in [0.2, 0.25) is 0 Å². The molecule has 0 spiro atoms. The molecule has 5 heteroatoms. The van der Waals surface area contributed by atoms with Crippen molar-refractivity contribution in [1.29, 1.82) is 0 Å². The van der Waals surface area contributed by atoms with Gasteiger partial charge in [0.1, 0.15) is 0 Å². The summed E-state index contributed by atoms with van der Waals surface area (Å²) >= 11 is 3.56. The van der Waals surface area contributed by atoms with E-state index in [9.17, 15) is 0 Å². The number of benzene rings is 1. The van der Waals surface area contributed by atoms with E-state index in [1.165, 1.54) is 18.4 Å². The number of hydrogen-bond donors (Lipinski definition) is 1. The summed E-state index contributed by atoms with van der Waals surface area (Å²) in [5.41, 5.74) is 7.21. The van der Waals surface area contributed by atoms with Crippen LogP contribution in [-0.4, -0.2) is 31.3 Å². The number of hydrogen-bond acceptors (Lipinski definition) is 4. The zero-order valence-corrected chi connectivity index (χ0v) is 13.5. The van der Waals surface area contributed by atoms with E-state index in [-0.39, 0.29) is 6.04 Å². The fourth-order valence-corrected chi connectivity index (χ4v) is 3.49. The Morgan fingerprint density at radius 1 is 1.40 bits per heavy atom. The first kappa shape index (κ1) is 14.2. The van der Waals surface area contributed by atoms with Crippen LogP contribution in [0.1, 0.15) is 31.4 Å². The molecule has 1 aliphatic heterocycles. The topological polar surface area (TPSA) is 47.7 Å². The number of rotatable bonds is 5. The highest BCUT2D eigenvalue weighted by Crippen LogP contribution is 2.43. The molecule has 2 N–H and O–H groups in total. The Hall–Kier alpha value is -0.780. The molecule has 2 aliphatic rings. The van der Waals surface area contributed by atoms with Crippen molar-refractivity contribution in [3.05, 3.63) is 22.2 Å². The Kier molecular flexibility index (Phi) is 3.93. The van der Waals surface area contributed by atoms with Crippen LogP contribution in [0.15, 0.2) is 16.6 Å². The lowest BCUT2D eigenvalue weighted by Crippen LogP contribution is -2.38. The van der Waals surface area contributed by atoms with Gasteiger partial charge >= 0.3 is 0 Å². The quantitative estimate of drug-likeness (QED) is 0.895. The number of likely N-dealkylation sites (N-methyl/N-ethyl adjacent to an activating group) is 1. The van der Waals surface area contributed by atoms with E-state index in [1.54, 1.807) is 0 Å². The van der Waals surface area contributed by atoms with Crippen molar-refractivity contribution >= 4 is 15.9 Å². The predicted octanol–water partition coefficient (Wildman–Crippen LogP) is 2.91. The maximum atomic E-state index is 6.03. The molecule has 0 aromatic heterocycles. The van der Waals surface area contributed by atoms with Crippen LogP contribution in [-0.2, 0) is 0 Å². The third-order valence-electron chi connectivity index (χ3n) is 4.50. The van der Waals surface area contributed by atoms with Gasteiger partial charge in [-0.15, -0.1) is 0 Å². The van der Waals surface area contributed by atoms with Crippen LogP contribution in [0.25, 0.3) is 0 Å². The number of nitrogens with two attached hydrogens (primary N) is 1. The second-order valence-electron chi connectivity index (χ2n) is 5.73. The molecule has 110 valence electrons. The molecule has 3 rings (SSSR count). The first-order chi connectivity index (χ1) is 9.61. The lowest BCUT2D eigenvalue weighted by Gasteiger charge is -2.33. The monoisotopic (exact) mass is 340 g/mol. The van der Waals surface area contributed by atoms with Crippen LogP contribution < -0.4 is 15.2 Å². The summed E-state index contributed by atoms with van der Waals surface area (Å²) in [5, 5.41) is 0. The van der Waals surface area contributed by atoms with E-state index < -0.39 is 0 Å². The summed E-state index contributed by atoms with van der Waals surface area (Å²) < 4.78 is 11.9. The number of ether oxygens (including phenoxy) is 2. The third kappa shape index (κ3) is 2.54. The first-order valence-electron chi connectivity index (χ1n) is 7.13. The molecule has 1 aromatic carbocycles. The lowest BCUT2D eigenvalue weighted by molar-refractivity contribution is 0.169. The minimum absolute atomic E-state index is 0.205. The molecule has 20 heavy (non-hydrogen) atoms. The van der Waals surface area contributed by atoms with E-state index in [0.29, 0.717) is 19.4 Å². The van der Waals surface area contributed by atoms with Gasteiger partial charge in [0.25, 0.3) is 0 Å². The van der Waals surface area contributed by atoms with Crippen LogP contribution in [0.3, 0.4) is 0 Å². The van der Waals surface area contributed by atoms with Crippen LogP contribution in [0, 0.1) is 5.92 Å². The van der Waals surface area contributed by atoms with Gasteiger partial charge in [-0.25, -0.2) is 0 Å². The van der Waals surface area contributed by atoms with Gasteiger partial charge in [0, 0.05) is 18.6 Å². The molecule has 0 bridgehead atoms. The zero-order chi connectivity index (χ0) is 14.3. The minimum Gasteiger partial charge on any atom is -0.454 e. The van der Waals surface area contributed by atoms with Crippen molar-refractivity contribution in [2.75, 3.05) is 20.4 Å². The van der Waals surface area contributed by atoms with Crippen LogP contribution >= 0.6 is 15.9 Å². The normalized spacial score (nSPS) is 20.2. The summed E-state index contributed by atoms with van der Waals surface area (Å²) in [6.07, 6.45) is 2.68. The molecule has 0 radical (unpaired) electrons. The molecule has 0 amide bonds. The number of fused-ring (bicyclic) bond motifs is 1.